The lowest BCUT2D eigenvalue weighted by Crippen LogP contribution is -2.47. The molecule has 1 saturated carbocycles. The van der Waals surface area contributed by atoms with Crippen molar-refractivity contribution in [2.45, 2.75) is 76.9 Å². The highest BCUT2D eigenvalue weighted by Gasteiger charge is 2.30. The fourth-order valence-corrected chi connectivity index (χ4v) is 3.75. The van der Waals surface area contributed by atoms with Crippen LogP contribution in [0.25, 0.3) is 0 Å². The molecule has 1 saturated heterocycles. The van der Waals surface area contributed by atoms with Crippen LogP contribution in [0.15, 0.2) is 0 Å². The molecule has 0 bridgehead atoms. The minimum Gasteiger partial charge on any atom is -0.390 e. The van der Waals surface area contributed by atoms with Gasteiger partial charge in [0.05, 0.1) is 5.60 Å². The Morgan fingerprint density at radius 3 is 2.55 bits per heavy atom. The molecule has 118 valence electrons. The normalized spacial score (nSPS) is 31.9. The minimum atomic E-state index is -0.417. The molecule has 1 heterocycles. The summed E-state index contributed by atoms with van der Waals surface area (Å²) < 4.78 is 0. The standard InChI is InChI=1S/C17H34N2O/c1-3-11-18-16-8-6-4-5-7-15(16)14-19-12-9-17(2,20)10-13-19/h15-16,18,20H,3-14H2,1-2H3. The highest BCUT2D eigenvalue weighted by molar-refractivity contribution is 4.86. The van der Waals surface area contributed by atoms with Gasteiger partial charge in [-0.15, -0.1) is 0 Å². The number of likely N-dealkylation sites (tertiary alicyclic amines) is 1. The summed E-state index contributed by atoms with van der Waals surface area (Å²) in [6, 6.07) is 0.722. The molecule has 0 aromatic carbocycles. The molecule has 0 aromatic heterocycles. The van der Waals surface area contributed by atoms with Gasteiger partial charge in [0.15, 0.2) is 0 Å². The molecule has 20 heavy (non-hydrogen) atoms. The van der Waals surface area contributed by atoms with Crippen molar-refractivity contribution in [1.82, 2.24) is 10.2 Å². The fourth-order valence-electron chi connectivity index (χ4n) is 3.75. The predicted molar refractivity (Wildman–Crippen MR) is 85.0 cm³/mol. The van der Waals surface area contributed by atoms with Crippen LogP contribution in [0.5, 0.6) is 0 Å². The Balaban J connectivity index is 1.84. The summed E-state index contributed by atoms with van der Waals surface area (Å²) in [5.74, 6) is 0.812. The van der Waals surface area contributed by atoms with Crippen LogP contribution >= 0.6 is 0 Å². The molecule has 1 aliphatic carbocycles. The molecule has 0 amide bonds. The van der Waals surface area contributed by atoms with Crippen molar-refractivity contribution in [3.8, 4) is 0 Å². The summed E-state index contributed by atoms with van der Waals surface area (Å²) in [5, 5.41) is 13.9. The third-order valence-corrected chi connectivity index (χ3v) is 5.24. The van der Waals surface area contributed by atoms with Gasteiger partial charge in [-0.2, -0.15) is 0 Å². The first-order chi connectivity index (χ1) is 9.61. The Labute approximate surface area is 125 Å². The second kappa shape index (κ2) is 7.77. The van der Waals surface area contributed by atoms with Crippen molar-refractivity contribution >= 4 is 0 Å². The van der Waals surface area contributed by atoms with E-state index in [-0.39, 0.29) is 0 Å². The Morgan fingerprint density at radius 2 is 1.85 bits per heavy atom. The predicted octanol–water partition coefficient (Wildman–Crippen LogP) is 2.78. The van der Waals surface area contributed by atoms with E-state index in [0.717, 1.165) is 44.4 Å². The maximum Gasteiger partial charge on any atom is 0.0644 e. The first kappa shape index (κ1) is 16.3. The van der Waals surface area contributed by atoms with E-state index in [4.69, 9.17) is 0 Å². The lowest BCUT2D eigenvalue weighted by molar-refractivity contribution is -0.0103. The molecular weight excluding hydrogens is 248 g/mol. The third kappa shape index (κ3) is 5.01. The summed E-state index contributed by atoms with van der Waals surface area (Å²) in [5.41, 5.74) is -0.417. The molecule has 0 radical (unpaired) electrons. The fraction of sp³-hybridized carbons (Fsp3) is 1.00. The molecule has 2 atom stereocenters. The number of hydrogen-bond acceptors (Lipinski definition) is 3. The van der Waals surface area contributed by atoms with Gasteiger partial charge in [-0.05, 0) is 51.5 Å². The highest BCUT2D eigenvalue weighted by atomic mass is 16.3. The zero-order valence-corrected chi connectivity index (χ0v) is 13.5. The first-order valence-corrected chi connectivity index (χ1v) is 8.79. The molecular formula is C17H34N2O. The summed E-state index contributed by atoms with van der Waals surface area (Å²) in [6.07, 6.45) is 10.1. The molecule has 3 heteroatoms. The quantitative estimate of drug-likeness (QED) is 0.761. The molecule has 0 spiro atoms. The Kier molecular flexibility index (Phi) is 6.31. The SMILES string of the molecule is CCCNC1CCCCCC1CN1CCC(C)(O)CC1. The van der Waals surface area contributed by atoms with Crippen LogP contribution in [0, 0.1) is 5.92 Å². The van der Waals surface area contributed by atoms with Crippen LogP contribution in [0.1, 0.15) is 65.2 Å². The van der Waals surface area contributed by atoms with E-state index in [1.54, 1.807) is 0 Å². The smallest absolute Gasteiger partial charge is 0.0644 e. The van der Waals surface area contributed by atoms with Crippen molar-refractivity contribution in [1.29, 1.82) is 0 Å². The van der Waals surface area contributed by atoms with Crippen LogP contribution in [-0.2, 0) is 0 Å². The number of hydrogen-bond donors (Lipinski definition) is 2. The number of piperidine rings is 1. The Morgan fingerprint density at radius 1 is 1.15 bits per heavy atom. The van der Waals surface area contributed by atoms with Gasteiger partial charge in [-0.3, -0.25) is 0 Å². The first-order valence-electron chi connectivity index (χ1n) is 8.79. The van der Waals surface area contributed by atoms with Crippen molar-refractivity contribution < 1.29 is 5.11 Å². The molecule has 2 N–H and O–H groups in total. The van der Waals surface area contributed by atoms with Gasteiger partial charge in [0, 0.05) is 25.7 Å². The summed E-state index contributed by atoms with van der Waals surface area (Å²) in [6.45, 7) is 8.79. The molecule has 2 aliphatic rings. The van der Waals surface area contributed by atoms with Gasteiger partial charge in [-0.1, -0.05) is 26.2 Å². The zero-order chi connectivity index (χ0) is 14.4. The van der Waals surface area contributed by atoms with E-state index < -0.39 is 5.60 Å². The second-order valence-corrected chi connectivity index (χ2v) is 7.26. The lowest BCUT2D eigenvalue weighted by Gasteiger charge is -2.39. The second-order valence-electron chi connectivity index (χ2n) is 7.26. The van der Waals surface area contributed by atoms with Crippen LogP contribution < -0.4 is 5.32 Å². The van der Waals surface area contributed by atoms with E-state index in [0.29, 0.717) is 0 Å². The number of rotatable bonds is 5. The minimum absolute atomic E-state index is 0.417. The zero-order valence-electron chi connectivity index (χ0n) is 13.5. The van der Waals surface area contributed by atoms with E-state index in [1.807, 2.05) is 6.92 Å². The molecule has 1 aliphatic heterocycles. The Hall–Kier alpha value is -0.120. The van der Waals surface area contributed by atoms with Gasteiger partial charge in [0.1, 0.15) is 0 Å². The van der Waals surface area contributed by atoms with Gasteiger partial charge < -0.3 is 15.3 Å². The summed E-state index contributed by atoms with van der Waals surface area (Å²) >= 11 is 0. The summed E-state index contributed by atoms with van der Waals surface area (Å²) in [4.78, 5) is 2.59. The molecule has 2 unspecified atom stereocenters. The van der Waals surface area contributed by atoms with Gasteiger partial charge >= 0.3 is 0 Å². The highest BCUT2D eigenvalue weighted by Crippen LogP contribution is 2.27. The average molecular weight is 282 g/mol. The van der Waals surface area contributed by atoms with Crippen LogP contribution in [0.3, 0.4) is 0 Å². The monoisotopic (exact) mass is 282 g/mol. The lowest BCUT2D eigenvalue weighted by atomic mass is 9.90. The van der Waals surface area contributed by atoms with E-state index >= 15 is 0 Å². The topological polar surface area (TPSA) is 35.5 Å². The molecule has 0 aromatic rings. The largest absolute Gasteiger partial charge is 0.390 e. The number of nitrogens with one attached hydrogen (secondary N) is 1. The van der Waals surface area contributed by atoms with Crippen molar-refractivity contribution in [3.05, 3.63) is 0 Å². The number of aliphatic hydroxyl groups is 1. The van der Waals surface area contributed by atoms with Crippen molar-refractivity contribution in [3.63, 3.8) is 0 Å². The Bertz CT molecular complexity index is 270. The maximum absolute atomic E-state index is 10.1. The number of nitrogens with zero attached hydrogens (tertiary/aromatic N) is 1. The van der Waals surface area contributed by atoms with E-state index in [2.05, 4.69) is 17.1 Å². The summed E-state index contributed by atoms with van der Waals surface area (Å²) in [7, 11) is 0. The molecule has 2 fully saturated rings. The van der Waals surface area contributed by atoms with E-state index in [9.17, 15) is 5.11 Å². The maximum atomic E-state index is 10.1. The third-order valence-electron chi connectivity index (χ3n) is 5.24. The molecule has 3 nitrogen and oxygen atoms in total. The van der Waals surface area contributed by atoms with Crippen molar-refractivity contribution in [2.24, 2.45) is 5.92 Å². The molecule has 2 rings (SSSR count). The van der Waals surface area contributed by atoms with Crippen LogP contribution in [0.4, 0.5) is 0 Å². The van der Waals surface area contributed by atoms with Gasteiger partial charge in [0.2, 0.25) is 0 Å². The van der Waals surface area contributed by atoms with Gasteiger partial charge in [-0.25, -0.2) is 0 Å². The van der Waals surface area contributed by atoms with Gasteiger partial charge in [0.25, 0.3) is 0 Å². The van der Waals surface area contributed by atoms with Crippen LogP contribution in [0.2, 0.25) is 0 Å². The van der Waals surface area contributed by atoms with Crippen LogP contribution in [-0.4, -0.2) is 47.8 Å². The average Bonchev–Trinajstić information content (AvgIpc) is 2.64. The van der Waals surface area contributed by atoms with Crippen molar-refractivity contribution in [2.75, 3.05) is 26.2 Å². The van der Waals surface area contributed by atoms with E-state index in [1.165, 1.54) is 45.1 Å².